The van der Waals surface area contributed by atoms with Gasteiger partial charge in [0.25, 0.3) is 0 Å². The molecule has 0 bridgehead atoms. The van der Waals surface area contributed by atoms with Crippen molar-refractivity contribution in [1.82, 2.24) is 5.32 Å². The summed E-state index contributed by atoms with van der Waals surface area (Å²) >= 11 is 0. The van der Waals surface area contributed by atoms with E-state index in [1.165, 1.54) is 41.5 Å². The lowest BCUT2D eigenvalue weighted by Crippen LogP contribution is -2.23. The second kappa shape index (κ2) is 6.44. The molecule has 0 amide bonds. The van der Waals surface area contributed by atoms with Crippen LogP contribution in [-0.2, 0) is 6.42 Å². The minimum absolute atomic E-state index is 0.526. The lowest BCUT2D eigenvalue weighted by molar-refractivity contribution is 0.420. The summed E-state index contributed by atoms with van der Waals surface area (Å²) in [5.41, 5.74) is 5.55. The van der Waals surface area contributed by atoms with Crippen molar-refractivity contribution in [3.8, 4) is 11.1 Å². The highest BCUT2D eigenvalue weighted by atomic mass is 14.8. The number of nitrogens with one attached hydrogen (secondary N) is 1. The molecule has 1 nitrogen and oxygen atoms in total. The first-order chi connectivity index (χ1) is 10.3. The molecular formula is C20H25N. The number of hydrogen-bond acceptors (Lipinski definition) is 1. The van der Waals surface area contributed by atoms with Crippen molar-refractivity contribution in [1.29, 1.82) is 0 Å². The standard InChI is InChI=1S/C20H25N/c1-15(21-2)14-16-6-8-18(9-7-16)20-12-10-19(11-13-20)17-4-3-5-17/h6-13,15,17,21H,3-5,14H2,1-2H3. The highest BCUT2D eigenvalue weighted by molar-refractivity contribution is 5.64. The fourth-order valence-corrected chi connectivity index (χ4v) is 2.98. The van der Waals surface area contributed by atoms with E-state index in [0.717, 1.165) is 12.3 Å². The van der Waals surface area contributed by atoms with Gasteiger partial charge < -0.3 is 5.32 Å². The molecule has 3 rings (SSSR count). The smallest absolute Gasteiger partial charge is 0.00761 e. The highest BCUT2D eigenvalue weighted by Crippen LogP contribution is 2.36. The van der Waals surface area contributed by atoms with Crippen LogP contribution in [0.3, 0.4) is 0 Å². The zero-order valence-electron chi connectivity index (χ0n) is 13.1. The summed E-state index contributed by atoms with van der Waals surface area (Å²) in [6, 6.07) is 18.7. The van der Waals surface area contributed by atoms with E-state index < -0.39 is 0 Å². The zero-order chi connectivity index (χ0) is 14.7. The Morgan fingerprint density at radius 3 is 2.00 bits per heavy atom. The van der Waals surface area contributed by atoms with E-state index in [0.29, 0.717) is 6.04 Å². The molecule has 2 aromatic carbocycles. The molecule has 1 aliphatic carbocycles. The van der Waals surface area contributed by atoms with E-state index in [9.17, 15) is 0 Å². The lowest BCUT2D eigenvalue weighted by Gasteiger charge is -2.25. The number of hydrogen-bond donors (Lipinski definition) is 1. The van der Waals surface area contributed by atoms with E-state index in [2.05, 4.69) is 60.8 Å². The van der Waals surface area contributed by atoms with Crippen molar-refractivity contribution >= 4 is 0 Å². The first-order valence-corrected chi connectivity index (χ1v) is 8.13. The first-order valence-electron chi connectivity index (χ1n) is 8.13. The van der Waals surface area contributed by atoms with E-state index in [-0.39, 0.29) is 0 Å². The van der Waals surface area contributed by atoms with E-state index in [1.54, 1.807) is 0 Å². The predicted octanol–water partition coefficient (Wildman–Crippen LogP) is 4.77. The van der Waals surface area contributed by atoms with Crippen molar-refractivity contribution in [3.05, 3.63) is 59.7 Å². The predicted molar refractivity (Wildman–Crippen MR) is 90.7 cm³/mol. The fourth-order valence-electron chi connectivity index (χ4n) is 2.98. The third-order valence-electron chi connectivity index (χ3n) is 4.81. The third kappa shape index (κ3) is 3.36. The molecule has 1 aliphatic rings. The molecule has 1 atom stereocenters. The van der Waals surface area contributed by atoms with Gasteiger partial charge in [0.15, 0.2) is 0 Å². The van der Waals surface area contributed by atoms with Gasteiger partial charge in [0, 0.05) is 6.04 Å². The van der Waals surface area contributed by atoms with Crippen molar-refractivity contribution in [2.75, 3.05) is 7.05 Å². The Morgan fingerprint density at radius 2 is 1.52 bits per heavy atom. The fraction of sp³-hybridized carbons (Fsp3) is 0.400. The maximum absolute atomic E-state index is 3.29. The van der Waals surface area contributed by atoms with Gasteiger partial charge in [-0.15, -0.1) is 0 Å². The van der Waals surface area contributed by atoms with Gasteiger partial charge in [-0.25, -0.2) is 0 Å². The van der Waals surface area contributed by atoms with E-state index in [4.69, 9.17) is 0 Å². The molecule has 1 heteroatoms. The number of rotatable bonds is 5. The van der Waals surface area contributed by atoms with Crippen molar-refractivity contribution in [2.24, 2.45) is 0 Å². The summed E-state index contributed by atoms with van der Waals surface area (Å²) < 4.78 is 0. The maximum atomic E-state index is 3.29. The Kier molecular flexibility index (Phi) is 4.40. The van der Waals surface area contributed by atoms with Crippen LogP contribution in [0, 0.1) is 0 Å². The molecular weight excluding hydrogens is 254 g/mol. The molecule has 110 valence electrons. The average Bonchev–Trinajstić information content (AvgIpc) is 2.47. The second-order valence-corrected chi connectivity index (χ2v) is 6.34. The van der Waals surface area contributed by atoms with Crippen LogP contribution in [0.1, 0.15) is 43.2 Å². The minimum Gasteiger partial charge on any atom is -0.317 e. The maximum Gasteiger partial charge on any atom is 0.00761 e. The van der Waals surface area contributed by atoms with Crippen molar-refractivity contribution in [3.63, 3.8) is 0 Å². The number of benzene rings is 2. The summed E-state index contributed by atoms with van der Waals surface area (Å²) in [7, 11) is 2.02. The van der Waals surface area contributed by atoms with Crippen LogP contribution in [0.2, 0.25) is 0 Å². The van der Waals surface area contributed by atoms with E-state index in [1.807, 2.05) is 7.05 Å². The number of likely N-dealkylation sites (N-methyl/N-ethyl adjacent to an activating group) is 1. The summed E-state index contributed by atoms with van der Waals surface area (Å²) in [6.07, 6.45) is 5.23. The van der Waals surface area contributed by atoms with Crippen LogP contribution < -0.4 is 5.32 Å². The molecule has 0 radical (unpaired) electrons. The largest absolute Gasteiger partial charge is 0.317 e. The van der Waals surface area contributed by atoms with Gasteiger partial charge in [0.2, 0.25) is 0 Å². The molecule has 0 aromatic heterocycles. The van der Waals surface area contributed by atoms with Crippen LogP contribution in [0.4, 0.5) is 0 Å². The molecule has 0 heterocycles. The monoisotopic (exact) mass is 279 g/mol. The molecule has 0 saturated heterocycles. The van der Waals surface area contributed by atoms with Crippen LogP contribution in [0.5, 0.6) is 0 Å². The summed E-state index contributed by atoms with van der Waals surface area (Å²) in [6.45, 7) is 2.22. The molecule has 2 aromatic rings. The van der Waals surface area contributed by atoms with Crippen LogP contribution in [0.15, 0.2) is 48.5 Å². The van der Waals surface area contributed by atoms with Crippen molar-refractivity contribution < 1.29 is 0 Å². The van der Waals surface area contributed by atoms with Gasteiger partial charge in [-0.1, -0.05) is 55.0 Å². The normalized spacial score (nSPS) is 16.5. The van der Waals surface area contributed by atoms with Gasteiger partial charge >= 0.3 is 0 Å². The first kappa shape index (κ1) is 14.3. The van der Waals surface area contributed by atoms with Gasteiger partial charge in [-0.05, 0) is 61.4 Å². The Balaban J connectivity index is 1.71. The average molecular weight is 279 g/mol. The molecule has 1 saturated carbocycles. The molecule has 0 spiro atoms. The second-order valence-electron chi connectivity index (χ2n) is 6.34. The van der Waals surface area contributed by atoms with Gasteiger partial charge in [0.05, 0.1) is 0 Å². The summed E-state index contributed by atoms with van der Waals surface area (Å²) in [4.78, 5) is 0. The van der Waals surface area contributed by atoms with Gasteiger partial charge in [-0.3, -0.25) is 0 Å². The molecule has 1 N–H and O–H groups in total. The Hall–Kier alpha value is -1.60. The topological polar surface area (TPSA) is 12.0 Å². The van der Waals surface area contributed by atoms with Gasteiger partial charge in [0.1, 0.15) is 0 Å². The molecule has 1 unspecified atom stereocenters. The summed E-state index contributed by atoms with van der Waals surface area (Å²) in [5.74, 6) is 0.824. The Bertz CT molecular complexity index is 564. The van der Waals surface area contributed by atoms with Crippen LogP contribution >= 0.6 is 0 Å². The highest BCUT2D eigenvalue weighted by Gasteiger charge is 2.18. The van der Waals surface area contributed by atoms with E-state index >= 15 is 0 Å². The zero-order valence-corrected chi connectivity index (χ0v) is 13.1. The SMILES string of the molecule is CNC(C)Cc1ccc(-c2ccc(C3CCC3)cc2)cc1. The Morgan fingerprint density at radius 1 is 0.952 bits per heavy atom. The quantitative estimate of drug-likeness (QED) is 0.831. The van der Waals surface area contributed by atoms with Crippen LogP contribution in [-0.4, -0.2) is 13.1 Å². The third-order valence-corrected chi connectivity index (χ3v) is 4.81. The van der Waals surface area contributed by atoms with Crippen LogP contribution in [0.25, 0.3) is 11.1 Å². The minimum atomic E-state index is 0.526. The van der Waals surface area contributed by atoms with Gasteiger partial charge in [-0.2, -0.15) is 0 Å². The molecule has 1 fully saturated rings. The molecule has 21 heavy (non-hydrogen) atoms. The summed E-state index contributed by atoms with van der Waals surface area (Å²) in [5, 5.41) is 3.29. The lowest BCUT2D eigenvalue weighted by atomic mass is 9.80. The Labute approximate surface area is 128 Å². The molecule has 0 aliphatic heterocycles. The van der Waals surface area contributed by atoms with Crippen molar-refractivity contribution in [2.45, 2.75) is 44.6 Å².